The van der Waals surface area contributed by atoms with Crippen molar-refractivity contribution in [2.24, 2.45) is 0 Å². The molecule has 0 saturated carbocycles. The number of aliphatic hydroxyl groups excluding tert-OH is 3. The van der Waals surface area contributed by atoms with Gasteiger partial charge in [0.1, 0.15) is 18.3 Å². The molecule has 0 aliphatic carbocycles. The van der Waals surface area contributed by atoms with Crippen LogP contribution >= 0.6 is 0 Å². The zero-order chi connectivity index (χ0) is 15.4. The standard InChI is InChI=1S/C12H20N2O7/c1-19-4-5-20-10-9(17)7(6-15)21-11(10)14-3-2-8(16)13-12(14)18/h2-3,7,9-12,15,17-18H,4-6H2,1H3,(H,13,16)/t7-,9?,10?,11-,12?/m1/s1. The number of methoxy groups -OCH3 is 1. The highest BCUT2D eigenvalue weighted by Crippen LogP contribution is 2.28. The van der Waals surface area contributed by atoms with Gasteiger partial charge in [-0.15, -0.1) is 0 Å². The van der Waals surface area contributed by atoms with Crippen molar-refractivity contribution in [3.63, 3.8) is 0 Å². The SMILES string of the molecule is COCCOC1C(O)[C@@H](CO)O[C@H]1N1C=CC(=O)NC1O. The third-order valence-electron chi connectivity index (χ3n) is 3.34. The molecule has 0 aromatic heterocycles. The highest BCUT2D eigenvalue weighted by molar-refractivity contribution is 5.88. The second kappa shape index (κ2) is 7.16. The highest BCUT2D eigenvalue weighted by Gasteiger charge is 2.48. The van der Waals surface area contributed by atoms with Crippen LogP contribution < -0.4 is 5.32 Å². The van der Waals surface area contributed by atoms with Crippen LogP contribution in [0.3, 0.4) is 0 Å². The van der Waals surface area contributed by atoms with Crippen molar-refractivity contribution in [2.45, 2.75) is 30.9 Å². The van der Waals surface area contributed by atoms with Gasteiger partial charge in [-0.05, 0) is 0 Å². The van der Waals surface area contributed by atoms with Crippen LogP contribution in [0.4, 0.5) is 0 Å². The number of carbonyl (C=O) groups is 1. The maximum atomic E-state index is 11.1. The molecule has 9 heteroatoms. The summed E-state index contributed by atoms with van der Waals surface area (Å²) in [6.45, 7) is 0.160. The first-order chi connectivity index (χ1) is 10.1. The van der Waals surface area contributed by atoms with Crippen LogP contribution in [0.5, 0.6) is 0 Å². The zero-order valence-corrected chi connectivity index (χ0v) is 11.6. The van der Waals surface area contributed by atoms with Gasteiger partial charge < -0.3 is 39.7 Å². The molecule has 0 aromatic rings. The summed E-state index contributed by atoms with van der Waals surface area (Å²) in [5, 5.41) is 31.5. The molecule has 4 N–H and O–H groups in total. The normalized spacial score (nSPS) is 36.1. The minimum absolute atomic E-state index is 0.218. The van der Waals surface area contributed by atoms with Gasteiger partial charge in [-0.1, -0.05) is 0 Å². The third-order valence-corrected chi connectivity index (χ3v) is 3.34. The summed E-state index contributed by atoms with van der Waals surface area (Å²) in [5.74, 6) is -0.437. The summed E-state index contributed by atoms with van der Waals surface area (Å²) in [7, 11) is 1.52. The van der Waals surface area contributed by atoms with E-state index in [1.165, 1.54) is 24.3 Å². The number of rotatable bonds is 6. The van der Waals surface area contributed by atoms with E-state index in [9.17, 15) is 20.1 Å². The molecule has 0 bridgehead atoms. The van der Waals surface area contributed by atoms with E-state index < -0.39 is 36.8 Å². The predicted octanol–water partition coefficient (Wildman–Crippen LogP) is -2.68. The quantitative estimate of drug-likeness (QED) is 0.392. The Hall–Kier alpha value is -1.23. The van der Waals surface area contributed by atoms with Crippen molar-refractivity contribution in [3.8, 4) is 0 Å². The van der Waals surface area contributed by atoms with Gasteiger partial charge in [-0.3, -0.25) is 4.79 Å². The number of hydrogen-bond acceptors (Lipinski definition) is 8. The van der Waals surface area contributed by atoms with Crippen LogP contribution in [0.15, 0.2) is 12.3 Å². The Morgan fingerprint density at radius 2 is 2.19 bits per heavy atom. The van der Waals surface area contributed by atoms with E-state index in [4.69, 9.17) is 14.2 Å². The van der Waals surface area contributed by atoms with Gasteiger partial charge in [-0.25, -0.2) is 0 Å². The molecular formula is C12H20N2O7. The van der Waals surface area contributed by atoms with Crippen LogP contribution in [0.25, 0.3) is 0 Å². The second-order valence-corrected chi connectivity index (χ2v) is 4.71. The smallest absolute Gasteiger partial charge is 0.248 e. The number of nitrogens with one attached hydrogen (secondary N) is 1. The third kappa shape index (κ3) is 3.51. The van der Waals surface area contributed by atoms with Crippen LogP contribution in [0.2, 0.25) is 0 Å². The maximum absolute atomic E-state index is 11.1. The highest BCUT2D eigenvalue weighted by atomic mass is 16.6. The summed E-state index contributed by atoms with van der Waals surface area (Å²) in [6, 6.07) is 0. The number of amides is 1. The van der Waals surface area contributed by atoms with Crippen molar-refractivity contribution < 1.29 is 34.3 Å². The molecule has 21 heavy (non-hydrogen) atoms. The average Bonchev–Trinajstić information content (AvgIpc) is 2.76. The first-order valence-electron chi connectivity index (χ1n) is 6.57. The summed E-state index contributed by atoms with van der Waals surface area (Å²) >= 11 is 0. The molecular weight excluding hydrogens is 284 g/mol. The molecule has 3 unspecified atom stereocenters. The fourth-order valence-corrected chi connectivity index (χ4v) is 2.27. The van der Waals surface area contributed by atoms with Crippen molar-refractivity contribution >= 4 is 5.91 Å². The van der Waals surface area contributed by atoms with Gasteiger partial charge in [0.25, 0.3) is 0 Å². The Morgan fingerprint density at radius 3 is 2.81 bits per heavy atom. The van der Waals surface area contributed by atoms with Crippen molar-refractivity contribution in [3.05, 3.63) is 12.3 Å². The van der Waals surface area contributed by atoms with Crippen molar-refractivity contribution in [1.29, 1.82) is 0 Å². The van der Waals surface area contributed by atoms with Gasteiger partial charge in [0.15, 0.2) is 6.23 Å². The molecule has 0 radical (unpaired) electrons. The van der Waals surface area contributed by atoms with Crippen LogP contribution in [0, 0.1) is 0 Å². The van der Waals surface area contributed by atoms with Gasteiger partial charge in [0.2, 0.25) is 12.3 Å². The molecule has 2 aliphatic heterocycles. The van der Waals surface area contributed by atoms with Gasteiger partial charge in [0.05, 0.1) is 19.8 Å². The number of aliphatic hydroxyl groups is 3. The average molecular weight is 304 g/mol. The van der Waals surface area contributed by atoms with E-state index in [1.807, 2.05) is 0 Å². The minimum atomic E-state index is -1.30. The van der Waals surface area contributed by atoms with Crippen LogP contribution in [-0.4, -0.2) is 83.9 Å². The Bertz CT molecular complexity index is 392. The van der Waals surface area contributed by atoms with E-state index >= 15 is 0 Å². The summed E-state index contributed by atoms with van der Waals surface area (Å²) in [6.07, 6.45) is -2.26. The first kappa shape index (κ1) is 16.1. The Morgan fingerprint density at radius 1 is 1.43 bits per heavy atom. The van der Waals surface area contributed by atoms with E-state index in [0.717, 1.165) is 0 Å². The molecule has 1 saturated heterocycles. The van der Waals surface area contributed by atoms with E-state index in [1.54, 1.807) is 0 Å². The molecule has 0 spiro atoms. The van der Waals surface area contributed by atoms with Gasteiger partial charge in [0, 0.05) is 19.4 Å². The Labute approximate surface area is 121 Å². The maximum Gasteiger partial charge on any atom is 0.248 e. The first-order valence-corrected chi connectivity index (χ1v) is 6.57. The summed E-state index contributed by atoms with van der Waals surface area (Å²) < 4.78 is 15.9. The summed E-state index contributed by atoms with van der Waals surface area (Å²) in [4.78, 5) is 12.5. The topological polar surface area (TPSA) is 121 Å². The molecule has 5 atom stereocenters. The van der Waals surface area contributed by atoms with Gasteiger partial charge >= 0.3 is 0 Å². The molecule has 2 heterocycles. The minimum Gasteiger partial charge on any atom is -0.394 e. The lowest BCUT2D eigenvalue weighted by atomic mass is 10.1. The molecule has 2 aliphatic rings. The Balaban J connectivity index is 2.10. The van der Waals surface area contributed by atoms with E-state index in [2.05, 4.69) is 5.32 Å². The number of hydrogen-bond donors (Lipinski definition) is 4. The lowest BCUT2D eigenvalue weighted by Gasteiger charge is -2.36. The van der Waals surface area contributed by atoms with Crippen molar-refractivity contribution in [1.82, 2.24) is 10.2 Å². The predicted molar refractivity (Wildman–Crippen MR) is 68.5 cm³/mol. The lowest BCUT2D eigenvalue weighted by molar-refractivity contribution is -0.161. The molecule has 0 aromatic carbocycles. The number of ether oxygens (including phenoxy) is 3. The molecule has 1 fully saturated rings. The lowest BCUT2D eigenvalue weighted by Crippen LogP contribution is -2.56. The summed E-state index contributed by atoms with van der Waals surface area (Å²) in [5.41, 5.74) is 0. The molecule has 1 amide bonds. The zero-order valence-electron chi connectivity index (χ0n) is 11.6. The fourth-order valence-electron chi connectivity index (χ4n) is 2.27. The van der Waals surface area contributed by atoms with Crippen LogP contribution in [0.1, 0.15) is 0 Å². The second-order valence-electron chi connectivity index (χ2n) is 4.71. The largest absolute Gasteiger partial charge is 0.394 e. The molecule has 9 nitrogen and oxygen atoms in total. The Kier molecular flexibility index (Phi) is 5.51. The molecule has 120 valence electrons. The molecule has 2 rings (SSSR count). The van der Waals surface area contributed by atoms with E-state index in [-0.39, 0.29) is 13.2 Å². The number of nitrogens with zero attached hydrogens (tertiary/aromatic N) is 1. The van der Waals surface area contributed by atoms with E-state index in [0.29, 0.717) is 6.61 Å². The number of carbonyl (C=O) groups excluding carboxylic acids is 1. The van der Waals surface area contributed by atoms with Gasteiger partial charge in [-0.2, -0.15) is 0 Å². The van der Waals surface area contributed by atoms with Crippen molar-refractivity contribution in [2.75, 3.05) is 26.9 Å². The monoisotopic (exact) mass is 304 g/mol. The van der Waals surface area contributed by atoms with Crippen LogP contribution in [-0.2, 0) is 19.0 Å². The fraction of sp³-hybridized carbons (Fsp3) is 0.750.